The van der Waals surface area contributed by atoms with E-state index in [4.69, 9.17) is 5.26 Å². The van der Waals surface area contributed by atoms with Gasteiger partial charge in [0.15, 0.2) is 0 Å². The quantitative estimate of drug-likeness (QED) is 0.705. The van der Waals surface area contributed by atoms with E-state index >= 15 is 0 Å². The Kier molecular flexibility index (Phi) is 2.63. The fourth-order valence-corrected chi connectivity index (χ4v) is 1.16. The standard InChI is InChI=1S/C7H5IN2/c8-6-2-1-5-10-7(6)3-4-9/h1-2,5H,3H2. The van der Waals surface area contributed by atoms with Crippen molar-refractivity contribution in [3.05, 3.63) is 27.6 Å². The molecule has 1 aromatic rings. The van der Waals surface area contributed by atoms with Crippen molar-refractivity contribution < 1.29 is 0 Å². The molecule has 0 fully saturated rings. The van der Waals surface area contributed by atoms with Crippen LogP contribution in [0.5, 0.6) is 0 Å². The van der Waals surface area contributed by atoms with Crippen molar-refractivity contribution in [2.75, 3.05) is 0 Å². The Morgan fingerprint density at radius 3 is 3.10 bits per heavy atom. The van der Waals surface area contributed by atoms with Crippen LogP contribution in [0.3, 0.4) is 0 Å². The fraction of sp³-hybridized carbons (Fsp3) is 0.143. The number of hydrogen-bond donors (Lipinski definition) is 0. The van der Waals surface area contributed by atoms with Gasteiger partial charge in [0.05, 0.1) is 18.2 Å². The van der Waals surface area contributed by atoms with Crippen LogP contribution in [-0.2, 0) is 6.42 Å². The summed E-state index contributed by atoms with van der Waals surface area (Å²) in [6.45, 7) is 0. The number of hydrogen-bond acceptors (Lipinski definition) is 2. The lowest BCUT2D eigenvalue weighted by atomic mass is 10.3. The van der Waals surface area contributed by atoms with E-state index in [0.717, 1.165) is 9.26 Å². The maximum Gasteiger partial charge on any atom is 0.0785 e. The Labute approximate surface area is 73.0 Å². The number of nitrogens with zero attached hydrogens (tertiary/aromatic N) is 2. The van der Waals surface area contributed by atoms with E-state index in [-0.39, 0.29) is 0 Å². The molecule has 0 aliphatic carbocycles. The molecule has 0 saturated carbocycles. The molecule has 0 amide bonds. The smallest absolute Gasteiger partial charge is 0.0785 e. The first-order valence-corrected chi connectivity index (χ1v) is 3.89. The van der Waals surface area contributed by atoms with Gasteiger partial charge in [-0.3, -0.25) is 4.98 Å². The highest BCUT2D eigenvalue weighted by atomic mass is 127. The Bertz CT molecular complexity index is 265. The summed E-state index contributed by atoms with van der Waals surface area (Å²) in [5, 5.41) is 8.35. The summed E-state index contributed by atoms with van der Waals surface area (Å²) in [6.07, 6.45) is 2.11. The molecule has 0 N–H and O–H groups in total. The molecular weight excluding hydrogens is 239 g/mol. The molecule has 1 heterocycles. The Balaban J connectivity index is 2.94. The van der Waals surface area contributed by atoms with Crippen molar-refractivity contribution in [2.24, 2.45) is 0 Å². The van der Waals surface area contributed by atoms with Gasteiger partial charge in [0.1, 0.15) is 0 Å². The Morgan fingerprint density at radius 2 is 2.50 bits per heavy atom. The number of aromatic nitrogens is 1. The Morgan fingerprint density at radius 1 is 1.70 bits per heavy atom. The molecule has 0 aliphatic heterocycles. The average Bonchev–Trinajstić information content (AvgIpc) is 1.94. The summed E-state index contributed by atoms with van der Waals surface area (Å²) in [7, 11) is 0. The third-order valence-corrected chi connectivity index (χ3v) is 2.06. The zero-order valence-corrected chi connectivity index (χ0v) is 7.37. The van der Waals surface area contributed by atoms with Crippen LogP contribution in [0, 0.1) is 14.9 Å². The monoisotopic (exact) mass is 244 g/mol. The number of pyridine rings is 1. The van der Waals surface area contributed by atoms with Crippen LogP contribution in [0.4, 0.5) is 0 Å². The van der Waals surface area contributed by atoms with Gasteiger partial charge in [0, 0.05) is 9.77 Å². The summed E-state index contributed by atoms with van der Waals surface area (Å²) in [4.78, 5) is 4.04. The zero-order chi connectivity index (χ0) is 7.40. The topological polar surface area (TPSA) is 36.7 Å². The van der Waals surface area contributed by atoms with Crippen LogP contribution < -0.4 is 0 Å². The third kappa shape index (κ3) is 1.67. The molecule has 50 valence electrons. The molecule has 0 unspecified atom stereocenters. The van der Waals surface area contributed by atoms with E-state index in [2.05, 4.69) is 33.6 Å². The summed E-state index contributed by atoms with van der Waals surface area (Å²) in [5.74, 6) is 0. The molecule has 0 bridgehead atoms. The summed E-state index contributed by atoms with van der Waals surface area (Å²) in [5.41, 5.74) is 0.866. The third-order valence-electron chi connectivity index (χ3n) is 1.08. The van der Waals surface area contributed by atoms with Crippen molar-refractivity contribution in [2.45, 2.75) is 6.42 Å². The van der Waals surface area contributed by atoms with E-state index in [1.165, 1.54) is 0 Å². The van der Waals surface area contributed by atoms with E-state index < -0.39 is 0 Å². The van der Waals surface area contributed by atoms with Gasteiger partial charge in [-0.25, -0.2) is 0 Å². The first-order chi connectivity index (χ1) is 4.84. The Hall–Kier alpha value is -0.630. The average molecular weight is 244 g/mol. The van der Waals surface area contributed by atoms with Gasteiger partial charge < -0.3 is 0 Å². The van der Waals surface area contributed by atoms with Crippen molar-refractivity contribution in [3.8, 4) is 6.07 Å². The first kappa shape index (κ1) is 7.48. The van der Waals surface area contributed by atoms with Crippen LogP contribution >= 0.6 is 22.6 Å². The molecule has 0 spiro atoms. The molecule has 3 heteroatoms. The van der Waals surface area contributed by atoms with Gasteiger partial charge >= 0.3 is 0 Å². The van der Waals surface area contributed by atoms with Crippen LogP contribution in [0.25, 0.3) is 0 Å². The number of nitriles is 1. The lowest BCUT2D eigenvalue weighted by Gasteiger charge is -1.94. The van der Waals surface area contributed by atoms with Crippen molar-refractivity contribution in [1.29, 1.82) is 5.26 Å². The molecule has 0 aliphatic rings. The molecule has 0 aromatic carbocycles. The minimum absolute atomic E-state index is 0.402. The molecular formula is C7H5IN2. The zero-order valence-electron chi connectivity index (χ0n) is 5.21. The van der Waals surface area contributed by atoms with Gasteiger partial charge in [0.2, 0.25) is 0 Å². The van der Waals surface area contributed by atoms with Crippen molar-refractivity contribution >= 4 is 22.6 Å². The molecule has 1 aromatic heterocycles. The van der Waals surface area contributed by atoms with Crippen LogP contribution in [0.1, 0.15) is 5.69 Å². The predicted molar refractivity (Wildman–Crippen MR) is 46.3 cm³/mol. The van der Waals surface area contributed by atoms with E-state index in [1.54, 1.807) is 6.20 Å². The number of halogens is 1. The van der Waals surface area contributed by atoms with Crippen LogP contribution in [0.15, 0.2) is 18.3 Å². The molecule has 0 saturated heterocycles. The molecule has 10 heavy (non-hydrogen) atoms. The lowest BCUT2D eigenvalue weighted by molar-refractivity contribution is 1.10. The second-order valence-electron chi connectivity index (χ2n) is 1.77. The van der Waals surface area contributed by atoms with Crippen LogP contribution in [-0.4, -0.2) is 4.98 Å². The van der Waals surface area contributed by atoms with Crippen molar-refractivity contribution in [3.63, 3.8) is 0 Å². The van der Waals surface area contributed by atoms with Gasteiger partial charge in [-0.15, -0.1) is 0 Å². The van der Waals surface area contributed by atoms with E-state index in [9.17, 15) is 0 Å². The summed E-state index contributed by atoms with van der Waals surface area (Å²) in [6, 6.07) is 5.87. The maximum absolute atomic E-state index is 8.35. The maximum atomic E-state index is 8.35. The number of rotatable bonds is 1. The predicted octanol–water partition coefficient (Wildman–Crippen LogP) is 1.75. The molecule has 0 atom stereocenters. The van der Waals surface area contributed by atoms with Crippen molar-refractivity contribution in [1.82, 2.24) is 4.98 Å². The SMILES string of the molecule is N#CCc1ncccc1I. The molecule has 1 rings (SSSR count). The fourth-order valence-electron chi connectivity index (χ4n) is 0.623. The molecule has 0 radical (unpaired) electrons. The van der Waals surface area contributed by atoms with Gasteiger partial charge in [-0.1, -0.05) is 0 Å². The van der Waals surface area contributed by atoms with Crippen LogP contribution in [0.2, 0.25) is 0 Å². The lowest BCUT2D eigenvalue weighted by Crippen LogP contribution is -1.89. The van der Waals surface area contributed by atoms with E-state index in [1.807, 2.05) is 12.1 Å². The molecule has 2 nitrogen and oxygen atoms in total. The normalized spacial score (nSPS) is 8.80. The summed E-state index contributed by atoms with van der Waals surface area (Å²) >= 11 is 2.17. The highest BCUT2D eigenvalue weighted by Crippen LogP contribution is 2.07. The highest BCUT2D eigenvalue weighted by molar-refractivity contribution is 14.1. The minimum Gasteiger partial charge on any atom is -0.259 e. The largest absolute Gasteiger partial charge is 0.259 e. The summed E-state index contributed by atoms with van der Waals surface area (Å²) < 4.78 is 1.06. The second kappa shape index (κ2) is 3.52. The minimum atomic E-state index is 0.402. The van der Waals surface area contributed by atoms with E-state index in [0.29, 0.717) is 6.42 Å². The first-order valence-electron chi connectivity index (χ1n) is 2.81. The highest BCUT2D eigenvalue weighted by Gasteiger charge is 1.96. The van der Waals surface area contributed by atoms with Gasteiger partial charge in [-0.05, 0) is 34.7 Å². The van der Waals surface area contributed by atoms with Gasteiger partial charge in [0.25, 0.3) is 0 Å². The van der Waals surface area contributed by atoms with Gasteiger partial charge in [-0.2, -0.15) is 5.26 Å². The second-order valence-corrected chi connectivity index (χ2v) is 2.93.